The maximum atomic E-state index is 5.58. The minimum atomic E-state index is 0.930. The monoisotopic (exact) mass is 809 g/mol. The van der Waals surface area contributed by atoms with Crippen LogP contribution in [0.4, 0.5) is 0 Å². The molecule has 0 unspecified atom stereocenters. The summed E-state index contributed by atoms with van der Waals surface area (Å²) in [5, 5.41) is 17.4. The molecular weight excluding hydrogens is 771 g/mol. The quantitative estimate of drug-likeness (QED) is 0.158. The van der Waals surface area contributed by atoms with Crippen molar-refractivity contribution in [2.24, 2.45) is 0 Å². The first kappa shape index (κ1) is 36.3. The molecular formula is C63H39N. The Balaban J connectivity index is 1.09. The molecule has 0 saturated carbocycles. The highest BCUT2D eigenvalue weighted by atomic mass is 14.7. The van der Waals surface area contributed by atoms with Crippen LogP contribution in [0.2, 0.25) is 0 Å². The fourth-order valence-corrected chi connectivity index (χ4v) is 10.2. The molecule has 0 radical (unpaired) electrons. The van der Waals surface area contributed by atoms with Gasteiger partial charge in [-0.15, -0.1) is 0 Å². The molecule has 0 amide bonds. The summed E-state index contributed by atoms with van der Waals surface area (Å²) in [5.41, 5.74) is 11.0. The van der Waals surface area contributed by atoms with Crippen LogP contribution in [0.25, 0.3) is 131 Å². The van der Waals surface area contributed by atoms with E-state index < -0.39 is 0 Å². The first-order valence-corrected chi connectivity index (χ1v) is 22.1. The third-order valence-electron chi connectivity index (χ3n) is 13.3. The van der Waals surface area contributed by atoms with Crippen LogP contribution in [0.3, 0.4) is 0 Å². The summed E-state index contributed by atoms with van der Waals surface area (Å²) in [6.07, 6.45) is 0. The third kappa shape index (κ3) is 6.05. The van der Waals surface area contributed by atoms with E-state index in [-0.39, 0.29) is 0 Å². The van der Waals surface area contributed by atoms with Gasteiger partial charge in [0.15, 0.2) is 0 Å². The van der Waals surface area contributed by atoms with Crippen LogP contribution in [-0.2, 0) is 0 Å². The van der Waals surface area contributed by atoms with Crippen molar-refractivity contribution >= 4 is 75.4 Å². The second-order valence-corrected chi connectivity index (χ2v) is 17.1. The highest BCUT2D eigenvalue weighted by Gasteiger charge is 2.17. The topological polar surface area (TPSA) is 12.9 Å². The lowest BCUT2D eigenvalue weighted by molar-refractivity contribution is 1.32. The molecule has 1 aromatic heterocycles. The zero-order valence-electron chi connectivity index (χ0n) is 35.0. The molecule has 0 aliphatic rings. The summed E-state index contributed by atoms with van der Waals surface area (Å²) in [5.74, 6) is 0. The number of hydrogen-bond donors (Lipinski definition) is 0. The standard InChI is InChI=1S/C63H39N/c1-3-15-42-31-44(27-25-40(42)13-1)49-38-62(47-28-26-41-14-2-4-16-43(41)32-47)64-63(39-49)51-34-48(33-50(35-51)60-37-46-17-5-6-18-52(46)53-19-7-11-23-57(53)60)45-29-30-59-56-22-9-8-20-54(56)55-21-10-12-24-58(55)61(59)36-45/h1-39H. The van der Waals surface area contributed by atoms with Gasteiger partial charge in [0, 0.05) is 11.1 Å². The predicted octanol–water partition coefficient (Wildman–Crippen LogP) is 17.5. The Morgan fingerprint density at radius 1 is 0.188 bits per heavy atom. The summed E-state index contributed by atoms with van der Waals surface area (Å²) in [7, 11) is 0. The van der Waals surface area contributed by atoms with Crippen molar-refractivity contribution < 1.29 is 0 Å². The summed E-state index contributed by atoms with van der Waals surface area (Å²) in [6, 6.07) is 87.0. The van der Waals surface area contributed by atoms with Crippen LogP contribution >= 0.6 is 0 Å². The van der Waals surface area contributed by atoms with Gasteiger partial charge in [-0.25, -0.2) is 4.98 Å². The van der Waals surface area contributed by atoms with E-state index in [1.54, 1.807) is 0 Å². The van der Waals surface area contributed by atoms with Crippen molar-refractivity contribution in [2.45, 2.75) is 0 Å². The van der Waals surface area contributed by atoms with Gasteiger partial charge >= 0.3 is 0 Å². The van der Waals surface area contributed by atoms with Crippen molar-refractivity contribution in [1.82, 2.24) is 4.98 Å². The van der Waals surface area contributed by atoms with Crippen molar-refractivity contribution in [3.8, 4) is 55.9 Å². The number of fused-ring (bicyclic) bond motifs is 11. The second-order valence-electron chi connectivity index (χ2n) is 17.1. The molecule has 0 saturated heterocycles. The van der Waals surface area contributed by atoms with E-state index in [4.69, 9.17) is 4.98 Å². The Kier molecular flexibility index (Phi) is 8.29. The van der Waals surface area contributed by atoms with Gasteiger partial charge in [0.1, 0.15) is 0 Å². The third-order valence-corrected chi connectivity index (χ3v) is 13.3. The Bertz CT molecular complexity index is 3890. The zero-order valence-corrected chi connectivity index (χ0v) is 35.0. The Morgan fingerprint density at radius 2 is 0.594 bits per heavy atom. The minimum Gasteiger partial charge on any atom is -0.248 e. The van der Waals surface area contributed by atoms with Crippen molar-refractivity contribution in [3.63, 3.8) is 0 Å². The molecule has 12 aromatic carbocycles. The van der Waals surface area contributed by atoms with E-state index in [0.29, 0.717) is 0 Å². The van der Waals surface area contributed by atoms with Gasteiger partial charge in [-0.2, -0.15) is 0 Å². The van der Waals surface area contributed by atoms with E-state index in [2.05, 4.69) is 237 Å². The molecule has 1 heterocycles. The summed E-state index contributed by atoms with van der Waals surface area (Å²) in [4.78, 5) is 5.58. The van der Waals surface area contributed by atoms with Crippen LogP contribution < -0.4 is 0 Å². The molecule has 0 bridgehead atoms. The number of benzene rings is 12. The number of nitrogens with zero attached hydrogens (tertiary/aromatic N) is 1. The molecule has 0 spiro atoms. The summed E-state index contributed by atoms with van der Waals surface area (Å²) in [6.45, 7) is 0. The summed E-state index contributed by atoms with van der Waals surface area (Å²) >= 11 is 0. The number of pyridine rings is 1. The second kappa shape index (κ2) is 14.6. The molecule has 0 aliphatic carbocycles. The molecule has 0 fully saturated rings. The average molecular weight is 810 g/mol. The van der Waals surface area contributed by atoms with Gasteiger partial charge in [0.05, 0.1) is 11.4 Å². The normalized spacial score (nSPS) is 11.8. The first-order chi connectivity index (χ1) is 31.7. The van der Waals surface area contributed by atoms with Crippen LogP contribution in [0.5, 0.6) is 0 Å². The lowest BCUT2D eigenvalue weighted by Crippen LogP contribution is -1.94. The number of aromatic nitrogens is 1. The fraction of sp³-hybridized carbons (Fsp3) is 0. The van der Waals surface area contributed by atoms with Crippen LogP contribution in [0.15, 0.2) is 237 Å². The molecule has 64 heavy (non-hydrogen) atoms. The van der Waals surface area contributed by atoms with E-state index >= 15 is 0 Å². The van der Waals surface area contributed by atoms with Gasteiger partial charge in [-0.05, 0) is 163 Å². The Morgan fingerprint density at radius 3 is 1.25 bits per heavy atom. The van der Waals surface area contributed by atoms with Crippen molar-refractivity contribution in [2.75, 3.05) is 0 Å². The van der Waals surface area contributed by atoms with Crippen LogP contribution in [-0.4, -0.2) is 4.98 Å². The highest BCUT2D eigenvalue weighted by molar-refractivity contribution is 6.26. The van der Waals surface area contributed by atoms with E-state index in [0.717, 1.165) is 44.8 Å². The molecule has 13 aromatic rings. The molecule has 0 N–H and O–H groups in total. The lowest BCUT2D eigenvalue weighted by atomic mass is 9.88. The Labute approximate surface area is 371 Å². The minimum absolute atomic E-state index is 0.930. The van der Waals surface area contributed by atoms with Crippen LogP contribution in [0.1, 0.15) is 0 Å². The zero-order chi connectivity index (χ0) is 42.1. The fourth-order valence-electron chi connectivity index (χ4n) is 10.2. The van der Waals surface area contributed by atoms with Crippen molar-refractivity contribution in [1.29, 1.82) is 0 Å². The smallest absolute Gasteiger partial charge is 0.0716 e. The number of hydrogen-bond acceptors (Lipinski definition) is 1. The molecule has 1 heteroatoms. The lowest BCUT2D eigenvalue weighted by Gasteiger charge is -2.17. The van der Waals surface area contributed by atoms with Gasteiger partial charge in [0.2, 0.25) is 0 Å². The maximum absolute atomic E-state index is 5.58. The van der Waals surface area contributed by atoms with Gasteiger partial charge in [0.25, 0.3) is 0 Å². The maximum Gasteiger partial charge on any atom is 0.0716 e. The van der Waals surface area contributed by atoms with Gasteiger partial charge < -0.3 is 0 Å². The largest absolute Gasteiger partial charge is 0.248 e. The SMILES string of the molecule is c1ccc2cc(-c3cc(-c4cc(-c5ccc6c7ccccc7c7ccccc7c6c5)cc(-c5cc6ccccc6c6ccccc56)c4)nc(-c4ccc5ccccc5c4)c3)ccc2c1. The molecule has 0 aliphatic heterocycles. The van der Waals surface area contributed by atoms with Gasteiger partial charge in [-0.3, -0.25) is 0 Å². The van der Waals surface area contributed by atoms with E-state index in [1.165, 1.54) is 86.5 Å². The van der Waals surface area contributed by atoms with Crippen molar-refractivity contribution in [3.05, 3.63) is 237 Å². The van der Waals surface area contributed by atoms with E-state index in [1.807, 2.05) is 0 Å². The van der Waals surface area contributed by atoms with E-state index in [9.17, 15) is 0 Å². The van der Waals surface area contributed by atoms with Gasteiger partial charge in [-0.1, -0.05) is 182 Å². The highest BCUT2D eigenvalue weighted by Crippen LogP contribution is 2.42. The molecule has 296 valence electrons. The molecule has 13 rings (SSSR count). The molecule has 1 nitrogen and oxygen atoms in total. The van der Waals surface area contributed by atoms with Crippen LogP contribution in [0, 0.1) is 0 Å². The first-order valence-electron chi connectivity index (χ1n) is 22.1. The molecule has 0 atom stereocenters. The Hall–Kier alpha value is -8.39. The predicted molar refractivity (Wildman–Crippen MR) is 274 cm³/mol. The summed E-state index contributed by atoms with van der Waals surface area (Å²) < 4.78 is 0. The average Bonchev–Trinajstić information content (AvgIpc) is 3.37. The number of rotatable bonds is 5.